The van der Waals surface area contributed by atoms with Crippen LogP contribution in [0.15, 0.2) is 6.07 Å². The van der Waals surface area contributed by atoms with Gasteiger partial charge in [0.2, 0.25) is 0 Å². The van der Waals surface area contributed by atoms with Crippen LogP contribution in [0.1, 0.15) is 30.5 Å². The number of rotatable bonds is 1. The van der Waals surface area contributed by atoms with Gasteiger partial charge in [0.15, 0.2) is 0 Å². The van der Waals surface area contributed by atoms with Crippen LogP contribution in [0.4, 0.5) is 11.5 Å². The maximum atomic E-state index is 6.00. The molecule has 0 amide bonds. The first kappa shape index (κ1) is 12.7. The number of anilines is 2. The molecule has 3 rings (SSSR count). The van der Waals surface area contributed by atoms with Crippen molar-refractivity contribution >= 4 is 11.5 Å². The smallest absolute Gasteiger partial charge is 0.129 e. The Hall–Kier alpha value is -1.29. The summed E-state index contributed by atoms with van der Waals surface area (Å²) in [7, 11) is 0. The first-order chi connectivity index (χ1) is 9.15. The summed E-state index contributed by atoms with van der Waals surface area (Å²) >= 11 is 0. The average molecular weight is 260 g/mol. The third-order valence-corrected chi connectivity index (χ3v) is 4.60. The third-order valence-electron chi connectivity index (χ3n) is 4.60. The van der Waals surface area contributed by atoms with Crippen LogP contribution in [-0.4, -0.2) is 42.1 Å². The predicted molar refractivity (Wildman–Crippen MR) is 79.5 cm³/mol. The van der Waals surface area contributed by atoms with E-state index in [2.05, 4.69) is 27.8 Å². The Morgan fingerprint density at radius 1 is 1.21 bits per heavy atom. The number of pyridine rings is 1. The molecule has 0 saturated carbocycles. The highest BCUT2D eigenvalue weighted by Gasteiger charge is 2.29. The summed E-state index contributed by atoms with van der Waals surface area (Å²) in [6.07, 6.45) is 4.08. The summed E-state index contributed by atoms with van der Waals surface area (Å²) in [4.78, 5) is 9.76. The molecule has 4 nitrogen and oxygen atoms in total. The van der Waals surface area contributed by atoms with Crippen LogP contribution >= 0.6 is 0 Å². The fourth-order valence-corrected chi connectivity index (χ4v) is 3.35. The van der Waals surface area contributed by atoms with Gasteiger partial charge in [-0.25, -0.2) is 4.98 Å². The van der Waals surface area contributed by atoms with E-state index in [1.165, 1.54) is 32.4 Å². The highest BCUT2D eigenvalue weighted by molar-refractivity contribution is 5.56. The summed E-state index contributed by atoms with van der Waals surface area (Å²) in [5.41, 5.74) is 8.94. The number of nitrogens with zero attached hydrogens (tertiary/aromatic N) is 3. The molecule has 0 aliphatic carbocycles. The topological polar surface area (TPSA) is 45.4 Å². The molecule has 1 aromatic rings. The summed E-state index contributed by atoms with van der Waals surface area (Å²) < 4.78 is 0. The minimum Gasteiger partial charge on any atom is -0.397 e. The number of hydrogen-bond donors (Lipinski definition) is 1. The van der Waals surface area contributed by atoms with Gasteiger partial charge in [0.25, 0.3) is 0 Å². The second kappa shape index (κ2) is 5.00. The van der Waals surface area contributed by atoms with Crippen molar-refractivity contribution in [2.45, 2.75) is 39.2 Å². The number of aromatic nitrogens is 1. The average Bonchev–Trinajstić information content (AvgIpc) is 2.43. The van der Waals surface area contributed by atoms with E-state index in [9.17, 15) is 0 Å². The fourth-order valence-electron chi connectivity index (χ4n) is 3.35. The fraction of sp³-hybridized carbons (Fsp3) is 0.667. The van der Waals surface area contributed by atoms with Crippen molar-refractivity contribution in [1.29, 1.82) is 0 Å². The maximum Gasteiger partial charge on any atom is 0.129 e. The maximum absolute atomic E-state index is 6.00. The highest BCUT2D eigenvalue weighted by atomic mass is 15.3. The van der Waals surface area contributed by atoms with Gasteiger partial charge in [0, 0.05) is 25.7 Å². The quantitative estimate of drug-likeness (QED) is 0.838. The molecule has 104 valence electrons. The Labute approximate surface area is 115 Å². The van der Waals surface area contributed by atoms with Crippen LogP contribution in [0, 0.1) is 13.8 Å². The molecular formula is C15H24N4. The third kappa shape index (κ3) is 2.41. The summed E-state index contributed by atoms with van der Waals surface area (Å²) in [6, 6.07) is 2.86. The molecule has 2 aliphatic heterocycles. The Kier molecular flexibility index (Phi) is 3.35. The van der Waals surface area contributed by atoms with Crippen LogP contribution in [-0.2, 0) is 0 Å². The van der Waals surface area contributed by atoms with Gasteiger partial charge >= 0.3 is 0 Å². The molecule has 0 spiro atoms. The molecule has 0 radical (unpaired) electrons. The number of piperazine rings is 1. The van der Waals surface area contributed by atoms with E-state index in [1.54, 1.807) is 0 Å². The van der Waals surface area contributed by atoms with Crippen molar-refractivity contribution < 1.29 is 0 Å². The SMILES string of the molecule is Cc1cc(N2CCN3CCCC[C@H]3C2)nc(C)c1N. The van der Waals surface area contributed by atoms with Gasteiger partial charge in [-0.15, -0.1) is 0 Å². The first-order valence-electron chi connectivity index (χ1n) is 7.38. The largest absolute Gasteiger partial charge is 0.397 e. The molecule has 1 atom stereocenters. The van der Waals surface area contributed by atoms with E-state index < -0.39 is 0 Å². The lowest BCUT2D eigenvalue weighted by atomic mass is 9.99. The van der Waals surface area contributed by atoms with Crippen LogP contribution in [0.25, 0.3) is 0 Å². The van der Waals surface area contributed by atoms with Gasteiger partial charge in [-0.05, 0) is 44.9 Å². The molecule has 2 saturated heterocycles. The zero-order valence-electron chi connectivity index (χ0n) is 12.0. The minimum absolute atomic E-state index is 0.725. The lowest BCUT2D eigenvalue weighted by Gasteiger charge is -2.44. The van der Waals surface area contributed by atoms with Crippen LogP contribution in [0.5, 0.6) is 0 Å². The van der Waals surface area contributed by atoms with E-state index in [0.717, 1.165) is 41.9 Å². The first-order valence-corrected chi connectivity index (χ1v) is 7.38. The van der Waals surface area contributed by atoms with Crippen molar-refractivity contribution in [3.05, 3.63) is 17.3 Å². The number of aryl methyl sites for hydroxylation is 2. The molecule has 0 aromatic carbocycles. The lowest BCUT2D eigenvalue weighted by Crippen LogP contribution is -2.55. The van der Waals surface area contributed by atoms with Gasteiger partial charge in [0.1, 0.15) is 5.82 Å². The van der Waals surface area contributed by atoms with Gasteiger partial charge in [0.05, 0.1) is 11.4 Å². The molecule has 1 aromatic heterocycles. The van der Waals surface area contributed by atoms with Crippen molar-refractivity contribution in [2.24, 2.45) is 0 Å². The summed E-state index contributed by atoms with van der Waals surface area (Å²) in [6.45, 7) is 8.75. The molecule has 2 fully saturated rings. The van der Waals surface area contributed by atoms with Crippen LogP contribution < -0.4 is 10.6 Å². The monoisotopic (exact) mass is 260 g/mol. The Bertz CT molecular complexity index is 448. The molecule has 0 unspecified atom stereocenters. The van der Waals surface area contributed by atoms with E-state index in [4.69, 9.17) is 5.73 Å². The normalized spacial score (nSPS) is 24.3. The Morgan fingerprint density at radius 2 is 2.05 bits per heavy atom. The van der Waals surface area contributed by atoms with Gasteiger partial charge in [-0.2, -0.15) is 0 Å². The molecule has 19 heavy (non-hydrogen) atoms. The predicted octanol–water partition coefficient (Wildman–Crippen LogP) is 1.96. The number of fused-ring (bicyclic) bond motifs is 1. The van der Waals surface area contributed by atoms with E-state index in [-0.39, 0.29) is 0 Å². The molecule has 3 heterocycles. The molecule has 0 bridgehead atoms. The number of nitrogen functional groups attached to an aromatic ring is 1. The van der Waals surface area contributed by atoms with Crippen molar-refractivity contribution in [2.75, 3.05) is 36.8 Å². The molecule has 2 N–H and O–H groups in total. The summed E-state index contributed by atoms with van der Waals surface area (Å²) in [5.74, 6) is 1.11. The number of nitrogens with two attached hydrogens (primary N) is 1. The van der Waals surface area contributed by atoms with Gasteiger partial charge in [-0.1, -0.05) is 6.42 Å². The van der Waals surface area contributed by atoms with E-state index in [1.807, 2.05) is 6.92 Å². The van der Waals surface area contributed by atoms with Crippen molar-refractivity contribution in [3.63, 3.8) is 0 Å². The number of hydrogen-bond acceptors (Lipinski definition) is 4. The second-order valence-electron chi connectivity index (χ2n) is 5.93. The van der Waals surface area contributed by atoms with Crippen LogP contribution in [0.3, 0.4) is 0 Å². The lowest BCUT2D eigenvalue weighted by molar-refractivity contribution is 0.133. The Morgan fingerprint density at radius 3 is 2.84 bits per heavy atom. The highest BCUT2D eigenvalue weighted by Crippen LogP contribution is 2.26. The number of piperidine rings is 1. The van der Waals surface area contributed by atoms with Crippen molar-refractivity contribution in [3.8, 4) is 0 Å². The zero-order chi connectivity index (χ0) is 13.4. The standard InChI is InChI=1S/C15H24N4/c1-11-9-14(17-12(2)15(11)16)19-8-7-18-6-4-3-5-13(18)10-19/h9,13H,3-8,10,16H2,1-2H3/t13-/m0/s1. The van der Waals surface area contributed by atoms with Crippen LogP contribution in [0.2, 0.25) is 0 Å². The zero-order valence-corrected chi connectivity index (χ0v) is 12.0. The van der Waals surface area contributed by atoms with Crippen molar-refractivity contribution in [1.82, 2.24) is 9.88 Å². The van der Waals surface area contributed by atoms with Gasteiger partial charge < -0.3 is 10.6 Å². The van der Waals surface area contributed by atoms with Gasteiger partial charge in [-0.3, -0.25) is 4.90 Å². The molecule has 2 aliphatic rings. The molecular weight excluding hydrogens is 236 g/mol. The summed E-state index contributed by atoms with van der Waals surface area (Å²) in [5, 5.41) is 0. The second-order valence-corrected chi connectivity index (χ2v) is 5.93. The molecule has 4 heteroatoms. The van der Waals surface area contributed by atoms with E-state index in [0.29, 0.717) is 0 Å². The minimum atomic E-state index is 0.725. The Balaban J connectivity index is 1.79. The van der Waals surface area contributed by atoms with E-state index >= 15 is 0 Å².